The van der Waals surface area contributed by atoms with Crippen LogP contribution in [0.1, 0.15) is 58.3 Å². The lowest BCUT2D eigenvalue weighted by atomic mass is 9.88. The molecule has 0 aromatic heterocycles. The summed E-state index contributed by atoms with van der Waals surface area (Å²) in [7, 11) is 1.37. The topological polar surface area (TPSA) is 55.4 Å². The monoisotopic (exact) mass is 255 g/mol. The van der Waals surface area contributed by atoms with E-state index in [-0.39, 0.29) is 17.8 Å². The molecule has 0 aromatic carbocycles. The van der Waals surface area contributed by atoms with Crippen molar-refractivity contribution in [2.24, 2.45) is 5.92 Å². The first-order valence-corrected chi connectivity index (χ1v) is 7.07. The second kappa shape index (κ2) is 8.11. The third kappa shape index (κ3) is 4.67. The number of methoxy groups -OCH3 is 1. The Balaban J connectivity index is 2.47. The van der Waals surface area contributed by atoms with Gasteiger partial charge in [-0.1, -0.05) is 39.0 Å². The van der Waals surface area contributed by atoms with Crippen LogP contribution in [-0.4, -0.2) is 25.0 Å². The van der Waals surface area contributed by atoms with Crippen LogP contribution in [0.5, 0.6) is 0 Å². The molecule has 1 aliphatic rings. The van der Waals surface area contributed by atoms with Gasteiger partial charge in [-0.3, -0.25) is 4.79 Å². The first kappa shape index (κ1) is 15.0. The molecule has 18 heavy (non-hydrogen) atoms. The van der Waals surface area contributed by atoms with Crippen molar-refractivity contribution < 1.29 is 14.3 Å². The van der Waals surface area contributed by atoms with Gasteiger partial charge in [-0.2, -0.15) is 0 Å². The third-order valence-corrected chi connectivity index (χ3v) is 3.62. The van der Waals surface area contributed by atoms with E-state index in [2.05, 4.69) is 12.2 Å². The Kier molecular flexibility index (Phi) is 6.76. The fraction of sp³-hybridized carbons (Fsp3) is 0.857. The van der Waals surface area contributed by atoms with Crippen LogP contribution >= 0.6 is 0 Å². The van der Waals surface area contributed by atoms with E-state index in [0.29, 0.717) is 6.42 Å². The number of carbonyl (C=O) groups excluding carboxylic acids is 2. The van der Waals surface area contributed by atoms with Crippen LogP contribution in [0.2, 0.25) is 0 Å². The molecular formula is C14H25NO3. The second-order valence-electron chi connectivity index (χ2n) is 5.06. The van der Waals surface area contributed by atoms with E-state index in [9.17, 15) is 9.59 Å². The largest absolute Gasteiger partial charge is 0.467 e. The van der Waals surface area contributed by atoms with Crippen molar-refractivity contribution in [1.82, 2.24) is 5.32 Å². The van der Waals surface area contributed by atoms with Crippen LogP contribution in [0.3, 0.4) is 0 Å². The van der Waals surface area contributed by atoms with E-state index >= 15 is 0 Å². The summed E-state index contributed by atoms with van der Waals surface area (Å²) in [6.45, 7) is 2.07. The lowest BCUT2D eigenvalue weighted by Gasteiger charge is -2.23. The van der Waals surface area contributed by atoms with Gasteiger partial charge in [0.05, 0.1) is 7.11 Å². The smallest absolute Gasteiger partial charge is 0.328 e. The number of nitrogens with one attached hydrogen (secondary N) is 1. The molecule has 1 fully saturated rings. The fourth-order valence-corrected chi connectivity index (χ4v) is 2.45. The third-order valence-electron chi connectivity index (χ3n) is 3.62. The quantitative estimate of drug-likeness (QED) is 0.742. The lowest BCUT2D eigenvalue weighted by molar-refractivity contribution is -0.146. The Bertz CT molecular complexity index is 272. The summed E-state index contributed by atoms with van der Waals surface area (Å²) in [4.78, 5) is 23.7. The van der Waals surface area contributed by atoms with E-state index in [4.69, 9.17) is 4.74 Å². The maximum Gasteiger partial charge on any atom is 0.328 e. The number of carbonyl (C=O) groups is 2. The Morgan fingerprint density at radius 2 is 1.94 bits per heavy atom. The van der Waals surface area contributed by atoms with E-state index < -0.39 is 6.04 Å². The Labute approximate surface area is 109 Å². The molecule has 0 radical (unpaired) electrons. The summed E-state index contributed by atoms with van der Waals surface area (Å²) in [6.07, 6.45) is 7.96. The van der Waals surface area contributed by atoms with Crippen LogP contribution < -0.4 is 5.32 Å². The highest BCUT2D eigenvalue weighted by Gasteiger charge is 2.26. The summed E-state index contributed by atoms with van der Waals surface area (Å²) in [6, 6.07) is -0.468. The number of amides is 1. The molecule has 0 unspecified atom stereocenters. The van der Waals surface area contributed by atoms with Gasteiger partial charge < -0.3 is 10.1 Å². The number of rotatable bonds is 6. The van der Waals surface area contributed by atoms with Crippen LogP contribution in [0.4, 0.5) is 0 Å². The lowest BCUT2D eigenvalue weighted by Crippen LogP contribution is -2.44. The van der Waals surface area contributed by atoms with Gasteiger partial charge in [-0.25, -0.2) is 4.79 Å². The van der Waals surface area contributed by atoms with E-state index in [1.54, 1.807) is 0 Å². The molecular weight excluding hydrogens is 230 g/mol. The molecule has 1 atom stereocenters. The minimum atomic E-state index is -0.468. The van der Waals surface area contributed by atoms with Crippen molar-refractivity contribution in [3.8, 4) is 0 Å². The minimum absolute atomic E-state index is 0.0289. The van der Waals surface area contributed by atoms with Crippen LogP contribution in [0.25, 0.3) is 0 Å². The second-order valence-corrected chi connectivity index (χ2v) is 5.06. The zero-order valence-corrected chi connectivity index (χ0v) is 11.5. The molecule has 0 aromatic rings. The van der Waals surface area contributed by atoms with Crippen molar-refractivity contribution in [3.63, 3.8) is 0 Å². The fourth-order valence-electron chi connectivity index (χ4n) is 2.45. The standard InChI is InChI=1S/C14H25NO3/c1-3-4-10-12(14(17)18-2)15-13(16)11-8-6-5-7-9-11/h11-12H,3-10H2,1-2H3,(H,15,16)/t12-/m0/s1. The number of hydrogen-bond acceptors (Lipinski definition) is 3. The predicted octanol–water partition coefficient (Wildman–Crippen LogP) is 2.41. The van der Waals surface area contributed by atoms with Crippen molar-refractivity contribution in [1.29, 1.82) is 0 Å². The Hall–Kier alpha value is -1.06. The van der Waals surface area contributed by atoms with E-state index in [1.807, 2.05) is 0 Å². The highest BCUT2D eigenvalue weighted by atomic mass is 16.5. The zero-order valence-electron chi connectivity index (χ0n) is 11.5. The zero-order chi connectivity index (χ0) is 13.4. The summed E-state index contributed by atoms with van der Waals surface area (Å²) >= 11 is 0. The van der Waals surface area contributed by atoms with Crippen molar-refractivity contribution in [2.75, 3.05) is 7.11 Å². The number of unbranched alkanes of at least 4 members (excludes halogenated alkanes) is 1. The molecule has 1 saturated carbocycles. The average molecular weight is 255 g/mol. The van der Waals surface area contributed by atoms with Gasteiger partial charge in [0.15, 0.2) is 0 Å². The first-order chi connectivity index (χ1) is 8.69. The van der Waals surface area contributed by atoms with Crippen molar-refractivity contribution in [2.45, 2.75) is 64.3 Å². The molecule has 0 heterocycles. The summed E-state index contributed by atoms with van der Waals surface area (Å²) in [5, 5.41) is 2.86. The van der Waals surface area contributed by atoms with Gasteiger partial charge in [0.25, 0.3) is 0 Å². The molecule has 0 bridgehead atoms. The van der Waals surface area contributed by atoms with Crippen molar-refractivity contribution >= 4 is 11.9 Å². The molecule has 1 aliphatic carbocycles. The summed E-state index contributed by atoms with van der Waals surface area (Å²) < 4.78 is 4.74. The molecule has 1 rings (SSSR count). The first-order valence-electron chi connectivity index (χ1n) is 7.07. The van der Waals surface area contributed by atoms with Crippen LogP contribution in [-0.2, 0) is 14.3 Å². The maximum atomic E-state index is 12.1. The number of hydrogen-bond donors (Lipinski definition) is 1. The molecule has 1 N–H and O–H groups in total. The summed E-state index contributed by atoms with van der Waals surface area (Å²) in [5.41, 5.74) is 0. The highest BCUT2D eigenvalue weighted by Crippen LogP contribution is 2.23. The number of esters is 1. The Morgan fingerprint density at radius 3 is 2.50 bits per heavy atom. The maximum absolute atomic E-state index is 12.1. The van der Waals surface area contributed by atoms with Gasteiger partial charge >= 0.3 is 5.97 Å². The van der Waals surface area contributed by atoms with Gasteiger partial charge in [0, 0.05) is 5.92 Å². The van der Waals surface area contributed by atoms with Crippen molar-refractivity contribution in [3.05, 3.63) is 0 Å². The van der Waals surface area contributed by atoms with Gasteiger partial charge in [0.1, 0.15) is 6.04 Å². The van der Waals surface area contributed by atoms with E-state index in [0.717, 1.165) is 38.5 Å². The molecule has 4 heteroatoms. The minimum Gasteiger partial charge on any atom is -0.467 e. The molecule has 1 amide bonds. The van der Waals surface area contributed by atoms with Crippen LogP contribution in [0.15, 0.2) is 0 Å². The normalized spacial score (nSPS) is 18.1. The molecule has 0 spiro atoms. The average Bonchev–Trinajstić information content (AvgIpc) is 2.43. The van der Waals surface area contributed by atoms with Gasteiger partial charge in [-0.15, -0.1) is 0 Å². The van der Waals surface area contributed by atoms with Gasteiger partial charge in [-0.05, 0) is 19.3 Å². The van der Waals surface area contributed by atoms with Gasteiger partial charge in [0.2, 0.25) is 5.91 Å². The predicted molar refractivity (Wildman–Crippen MR) is 70.0 cm³/mol. The Morgan fingerprint density at radius 1 is 1.28 bits per heavy atom. The van der Waals surface area contributed by atoms with Crippen LogP contribution in [0, 0.1) is 5.92 Å². The molecule has 0 aliphatic heterocycles. The molecule has 4 nitrogen and oxygen atoms in total. The molecule has 0 saturated heterocycles. The molecule has 104 valence electrons. The van der Waals surface area contributed by atoms with E-state index in [1.165, 1.54) is 13.5 Å². The highest BCUT2D eigenvalue weighted by molar-refractivity contribution is 5.85. The summed E-state index contributed by atoms with van der Waals surface area (Å²) in [5.74, 6) is -0.207. The SMILES string of the molecule is CCCC[C@H](NC(=O)C1CCCCC1)C(=O)OC. The number of ether oxygens (including phenoxy) is 1.